The quantitative estimate of drug-likeness (QED) is 0.706. The minimum absolute atomic E-state index is 0.305. The molecule has 0 atom stereocenters. The standard InChI is InChI=1S/C8H9ClN2O/c9-7-8(11-5-4-10-7)12-6-2-1-3-6/h4-6H,1-3H2. The van der Waals surface area contributed by atoms with E-state index >= 15 is 0 Å². The zero-order chi connectivity index (χ0) is 8.39. The largest absolute Gasteiger partial charge is 0.472 e. The smallest absolute Gasteiger partial charge is 0.252 e. The highest BCUT2D eigenvalue weighted by molar-refractivity contribution is 6.30. The minimum Gasteiger partial charge on any atom is -0.472 e. The summed E-state index contributed by atoms with van der Waals surface area (Å²) >= 11 is 5.75. The first-order chi connectivity index (χ1) is 5.86. The van der Waals surface area contributed by atoms with E-state index in [1.54, 1.807) is 12.4 Å². The van der Waals surface area contributed by atoms with E-state index in [-0.39, 0.29) is 0 Å². The lowest BCUT2D eigenvalue weighted by molar-refractivity contribution is 0.114. The first-order valence-corrected chi connectivity index (χ1v) is 4.37. The van der Waals surface area contributed by atoms with Crippen molar-refractivity contribution in [1.82, 2.24) is 9.97 Å². The van der Waals surface area contributed by atoms with Gasteiger partial charge in [0.05, 0.1) is 0 Å². The Morgan fingerprint density at radius 1 is 1.33 bits per heavy atom. The highest BCUT2D eigenvalue weighted by Crippen LogP contribution is 2.26. The van der Waals surface area contributed by atoms with Crippen molar-refractivity contribution in [1.29, 1.82) is 0 Å². The molecule has 12 heavy (non-hydrogen) atoms. The number of nitrogens with zero attached hydrogens (tertiary/aromatic N) is 2. The molecule has 1 aliphatic rings. The SMILES string of the molecule is Clc1nccnc1OC1CCC1. The van der Waals surface area contributed by atoms with Gasteiger partial charge in [0.25, 0.3) is 5.88 Å². The molecule has 1 aromatic rings. The Morgan fingerprint density at radius 3 is 2.67 bits per heavy atom. The van der Waals surface area contributed by atoms with Gasteiger partial charge < -0.3 is 4.74 Å². The fourth-order valence-electron chi connectivity index (χ4n) is 1.03. The van der Waals surface area contributed by atoms with Crippen LogP contribution in [0.15, 0.2) is 12.4 Å². The van der Waals surface area contributed by atoms with Gasteiger partial charge in [-0.15, -0.1) is 0 Å². The highest BCUT2D eigenvalue weighted by Gasteiger charge is 2.20. The fraction of sp³-hybridized carbons (Fsp3) is 0.500. The number of rotatable bonds is 2. The van der Waals surface area contributed by atoms with E-state index < -0.39 is 0 Å². The summed E-state index contributed by atoms with van der Waals surface area (Å²) in [5, 5.41) is 0.351. The Morgan fingerprint density at radius 2 is 2.08 bits per heavy atom. The summed E-state index contributed by atoms with van der Waals surface area (Å²) < 4.78 is 5.48. The first-order valence-electron chi connectivity index (χ1n) is 3.99. The van der Waals surface area contributed by atoms with Crippen LogP contribution < -0.4 is 4.74 Å². The van der Waals surface area contributed by atoms with Crippen molar-refractivity contribution < 1.29 is 4.74 Å². The summed E-state index contributed by atoms with van der Waals surface area (Å²) in [5.41, 5.74) is 0. The molecule has 1 heterocycles. The van der Waals surface area contributed by atoms with Crippen molar-refractivity contribution in [2.24, 2.45) is 0 Å². The third-order valence-electron chi connectivity index (χ3n) is 1.95. The molecule has 0 N–H and O–H groups in total. The lowest BCUT2D eigenvalue weighted by Gasteiger charge is -2.25. The monoisotopic (exact) mass is 184 g/mol. The Labute approximate surface area is 75.7 Å². The Balaban J connectivity index is 2.06. The molecule has 0 aromatic carbocycles. The number of aromatic nitrogens is 2. The van der Waals surface area contributed by atoms with Gasteiger partial charge in [-0.1, -0.05) is 11.6 Å². The Kier molecular flexibility index (Phi) is 2.13. The molecule has 0 aliphatic heterocycles. The molecule has 4 heteroatoms. The molecule has 1 aliphatic carbocycles. The van der Waals surface area contributed by atoms with Crippen LogP contribution in [0.25, 0.3) is 0 Å². The normalized spacial score (nSPS) is 17.1. The molecule has 0 bridgehead atoms. The van der Waals surface area contributed by atoms with E-state index in [0.717, 1.165) is 12.8 Å². The molecular formula is C8H9ClN2O. The highest BCUT2D eigenvalue weighted by atomic mass is 35.5. The topological polar surface area (TPSA) is 35.0 Å². The molecule has 0 radical (unpaired) electrons. The van der Waals surface area contributed by atoms with E-state index in [9.17, 15) is 0 Å². The summed E-state index contributed by atoms with van der Waals surface area (Å²) in [5.74, 6) is 0.462. The zero-order valence-electron chi connectivity index (χ0n) is 6.53. The number of halogens is 1. The summed E-state index contributed by atoms with van der Waals surface area (Å²) in [4.78, 5) is 7.85. The lowest BCUT2D eigenvalue weighted by Crippen LogP contribution is -2.25. The molecule has 0 spiro atoms. The molecule has 0 unspecified atom stereocenters. The molecule has 3 nitrogen and oxygen atoms in total. The number of hydrogen-bond acceptors (Lipinski definition) is 3. The van der Waals surface area contributed by atoms with Gasteiger partial charge >= 0.3 is 0 Å². The molecule has 1 fully saturated rings. The van der Waals surface area contributed by atoms with Gasteiger partial charge in [-0.05, 0) is 19.3 Å². The predicted octanol–water partition coefficient (Wildman–Crippen LogP) is 2.06. The average Bonchev–Trinajstić information content (AvgIpc) is 2.00. The van der Waals surface area contributed by atoms with Crippen molar-refractivity contribution in [3.05, 3.63) is 17.5 Å². The summed E-state index contributed by atoms with van der Waals surface area (Å²) in [6, 6.07) is 0. The molecule has 0 saturated heterocycles. The maximum absolute atomic E-state index is 5.75. The first kappa shape index (κ1) is 7.80. The van der Waals surface area contributed by atoms with Crippen LogP contribution in [0.2, 0.25) is 5.15 Å². The van der Waals surface area contributed by atoms with Crippen LogP contribution in [0.1, 0.15) is 19.3 Å². The number of hydrogen-bond donors (Lipinski definition) is 0. The molecule has 0 amide bonds. The second-order valence-electron chi connectivity index (χ2n) is 2.82. The van der Waals surface area contributed by atoms with Crippen molar-refractivity contribution >= 4 is 11.6 Å². The molecular weight excluding hydrogens is 176 g/mol. The summed E-state index contributed by atoms with van der Waals surface area (Å²) in [7, 11) is 0. The minimum atomic E-state index is 0.305. The van der Waals surface area contributed by atoms with Crippen molar-refractivity contribution in [3.63, 3.8) is 0 Å². The van der Waals surface area contributed by atoms with Crippen LogP contribution in [0.4, 0.5) is 0 Å². The maximum Gasteiger partial charge on any atom is 0.252 e. The van der Waals surface area contributed by atoms with Crippen molar-refractivity contribution in [2.75, 3.05) is 0 Å². The van der Waals surface area contributed by atoms with E-state index in [0.29, 0.717) is 17.1 Å². The summed E-state index contributed by atoms with van der Waals surface area (Å²) in [6.07, 6.45) is 6.89. The van der Waals surface area contributed by atoms with E-state index in [4.69, 9.17) is 16.3 Å². The molecule has 1 aromatic heterocycles. The molecule has 1 saturated carbocycles. The van der Waals surface area contributed by atoms with Crippen LogP contribution in [0.3, 0.4) is 0 Å². The van der Waals surface area contributed by atoms with Gasteiger partial charge in [-0.25, -0.2) is 9.97 Å². The van der Waals surface area contributed by atoms with E-state index in [1.807, 2.05) is 0 Å². The molecule has 64 valence electrons. The van der Waals surface area contributed by atoms with Crippen LogP contribution >= 0.6 is 11.6 Å². The third kappa shape index (κ3) is 1.50. The Hall–Kier alpha value is -0.830. The Bertz CT molecular complexity index is 276. The van der Waals surface area contributed by atoms with E-state index in [2.05, 4.69) is 9.97 Å². The second-order valence-corrected chi connectivity index (χ2v) is 3.18. The van der Waals surface area contributed by atoms with Crippen molar-refractivity contribution in [2.45, 2.75) is 25.4 Å². The van der Waals surface area contributed by atoms with Gasteiger partial charge in [-0.3, -0.25) is 0 Å². The van der Waals surface area contributed by atoms with Gasteiger partial charge in [0.2, 0.25) is 0 Å². The second kappa shape index (κ2) is 3.27. The lowest BCUT2D eigenvalue weighted by atomic mass is 9.96. The predicted molar refractivity (Wildman–Crippen MR) is 45.3 cm³/mol. The van der Waals surface area contributed by atoms with Crippen LogP contribution in [0.5, 0.6) is 5.88 Å². The van der Waals surface area contributed by atoms with Gasteiger partial charge in [0, 0.05) is 12.4 Å². The van der Waals surface area contributed by atoms with Gasteiger partial charge in [0.1, 0.15) is 6.10 Å². The van der Waals surface area contributed by atoms with Crippen molar-refractivity contribution in [3.8, 4) is 5.88 Å². The van der Waals surface area contributed by atoms with Crippen LogP contribution in [-0.4, -0.2) is 16.1 Å². The third-order valence-corrected chi connectivity index (χ3v) is 2.21. The summed E-state index contributed by atoms with van der Waals surface area (Å²) in [6.45, 7) is 0. The van der Waals surface area contributed by atoms with Gasteiger partial charge in [0.15, 0.2) is 5.15 Å². The molecule has 2 rings (SSSR count). The number of ether oxygens (including phenoxy) is 1. The van der Waals surface area contributed by atoms with Crippen LogP contribution in [-0.2, 0) is 0 Å². The maximum atomic E-state index is 5.75. The van der Waals surface area contributed by atoms with Crippen LogP contribution in [0, 0.1) is 0 Å². The zero-order valence-corrected chi connectivity index (χ0v) is 7.29. The van der Waals surface area contributed by atoms with E-state index in [1.165, 1.54) is 6.42 Å². The average molecular weight is 185 g/mol. The van der Waals surface area contributed by atoms with Gasteiger partial charge in [-0.2, -0.15) is 0 Å². The fourth-order valence-corrected chi connectivity index (χ4v) is 1.18.